The number of rotatable bonds is 9. The highest BCUT2D eigenvalue weighted by atomic mass is 16.5. The third kappa shape index (κ3) is 5.81. The third-order valence-electron chi connectivity index (χ3n) is 5.49. The van der Waals surface area contributed by atoms with Crippen LogP contribution in [0.3, 0.4) is 0 Å². The molecule has 8 nitrogen and oxygen atoms in total. The van der Waals surface area contributed by atoms with E-state index >= 15 is 0 Å². The van der Waals surface area contributed by atoms with Crippen LogP contribution in [0.1, 0.15) is 22.5 Å². The van der Waals surface area contributed by atoms with Gasteiger partial charge in [-0.2, -0.15) is 5.10 Å². The van der Waals surface area contributed by atoms with Crippen LogP contribution in [0.5, 0.6) is 5.75 Å². The molecular formula is C23H29N5O3. The summed E-state index contributed by atoms with van der Waals surface area (Å²) in [6, 6.07) is 16.3. The van der Waals surface area contributed by atoms with E-state index in [1.54, 1.807) is 0 Å². The lowest BCUT2D eigenvalue weighted by Gasteiger charge is -2.30. The van der Waals surface area contributed by atoms with Crippen LogP contribution < -0.4 is 10.4 Å². The Morgan fingerprint density at radius 3 is 2.74 bits per heavy atom. The van der Waals surface area contributed by atoms with Crippen LogP contribution in [0.4, 0.5) is 0 Å². The highest BCUT2D eigenvalue weighted by Crippen LogP contribution is 2.21. The minimum atomic E-state index is -0.565. The van der Waals surface area contributed by atoms with Gasteiger partial charge in [0, 0.05) is 31.7 Å². The highest BCUT2D eigenvalue weighted by Gasteiger charge is 2.19. The Labute approximate surface area is 181 Å². The van der Waals surface area contributed by atoms with Gasteiger partial charge in [-0.3, -0.25) is 14.8 Å². The van der Waals surface area contributed by atoms with E-state index in [1.165, 1.54) is 11.1 Å². The Bertz CT molecular complexity index is 1050. The van der Waals surface area contributed by atoms with E-state index in [0.717, 1.165) is 30.8 Å². The molecule has 0 unspecified atom stereocenters. The standard InChI is InChI=1S/C23H29N5O3/c1-27(15-22-24-23(30)26-25-22)12-19-8-4-5-9-21(19)31-16-20(29)14-28-11-10-17-6-2-3-7-18(17)13-28/h2-9,20,29H,10-16H2,1H3,(H2,24,25,26,30)/t20-/m1/s1. The number of hydrogen-bond acceptors (Lipinski definition) is 6. The number of hydrogen-bond donors (Lipinski definition) is 3. The molecule has 31 heavy (non-hydrogen) atoms. The number of fused-ring (bicyclic) bond motifs is 1. The van der Waals surface area contributed by atoms with Crippen LogP contribution in [-0.4, -0.2) is 62.9 Å². The summed E-state index contributed by atoms with van der Waals surface area (Å²) >= 11 is 0. The quantitative estimate of drug-likeness (QED) is 0.483. The molecule has 0 spiro atoms. The molecule has 0 fully saturated rings. The lowest BCUT2D eigenvalue weighted by molar-refractivity contribution is 0.0632. The summed E-state index contributed by atoms with van der Waals surface area (Å²) in [7, 11) is 1.95. The van der Waals surface area contributed by atoms with Crippen LogP contribution in [0.25, 0.3) is 0 Å². The van der Waals surface area contributed by atoms with Gasteiger partial charge >= 0.3 is 5.69 Å². The van der Waals surface area contributed by atoms with Gasteiger partial charge in [0.05, 0.1) is 6.54 Å². The van der Waals surface area contributed by atoms with E-state index in [4.69, 9.17) is 4.74 Å². The molecule has 164 valence electrons. The number of nitrogens with one attached hydrogen (secondary N) is 2. The first-order valence-corrected chi connectivity index (χ1v) is 10.6. The van der Waals surface area contributed by atoms with Gasteiger partial charge in [-0.1, -0.05) is 42.5 Å². The molecule has 0 saturated heterocycles. The smallest absolute Gasteiger partial charge is 0.340 e. The van der Waals surface area contributed by atoms with Gasteiger partial charge in [0.2, 0.25) is 0 Å². The summed E-state index contributed by atoms with van der Waals surface area (Å²) in [6.07, 6.45) is 0.449. The molecule has 1 aliphatic rings. The molecule has 1 aliphatic heterocycles. The average molecular weight is 424 g/mol. The molecule has 3 N–H and O–H groups in total. The minimum Gasteiger partial charge on any atom is -0.491 e. The van der Waals surface area contributed by atoms with E-state index in [9.17, 15) is 9.90 Å². The first kappa shape index (κ1) is 21.3. The van der Waals surface area contributed by atoms with E-state index in [0.29, 0.717) is 25.5 Å². The summed E-state index contributed by atoms with van der Waals surface area (Å²) in [5.41, 5.74) is 3.45. The second kappa shape index (κ2) is 9.91. The van der Waals surface area contributed by atoms with E-state index in [-0.39, 0.29) is 12.3 Å². The van der Waals surface area contributed by atoms with Crippen molar-refractivity contribution in [1.82, 2.24) is 25.0 Å². The van der Waals surface area contributed by atoms with E-state index in [2.05, 4.69) is 44.3 Å². The lowest BCUT2D eigenvalue weighted by Crippen LogP contribution is -2.38. The van der Waals surface area contributed by atoms with Crippen LogP contribution in [0.15, 0.2) is 53.3 Å². The van der Waals surface area contributed by atoms with E-state index < -0.39 is 6.10 Å². The van der Waals surface area contributed by atoms with Crippen molar-refractivity contribution in [2.45, 2.75) is 32.2 Å². The molecule has 0 amide bonds. The predicted octanol–water partition coefficient (Wildman–Crippen LogP) is 1.53. The third-order valence-corrected chi connectivity index (χ3v) is 5.49. The van der Waals surface area contributed by atoms with E-state index in [1.807, 2.05) is 36.2 Å². The number of nitrogens with zero attached hydrogens (tertiary/aromatic N) is 3. The first-order chi connectivity index (χ1) is 15.1. The van der Waals surface area contributed by atoms with Gasteiger partial charge in [-0.25, -0.2) is 9.89 Å². The minimum absolute atomic E-state index is 0.242. The fraction of sp³-hybridized carbons (Fsp3) is 0.391. The fourth-order valence-electron chi connectivity index (χ4n) is 4.00. The largest absolute Gasteiger partial charge is 0.491 e. The number of para-hydroxylation sites is 1. The maximum atomic E-state index is 11.2. The lowest BCUT2D eigenvalue weighted by atomic mass is 10.00. The number of aliphatic hydroxyl groups excluding tert-OH is 1. The number of β-amino-alcohol motifs (C(OH)–C–C–N with tert-alkyl or cyclic N) is 1. The molecule has 4 rings (SSSR count). The SMILES string of the molecule is CN(Cc1n[nH]c(=O)[nH]1)Cc1ccccc1OC[C@H](O)CN1CCc2ccccc2C1. The van der Waals surface area contributed by atoms with Crippen molar-refractivity contribution in [3.05, 3.63) is 81.5 Å². The van der Waals surface area contributed by atoms with Gasteiger partial charge in [0.15, 0.2) is 0 Å². The van der Waals surface area contributed by atoms with Crippen molar-refractivity contribution in [2.75, 3.05) is 26.7 Å². The molecule has 0 saturated carbocycles. The van der Waals surface area contributed by atoms with Gasteiger partial charge in [0.25, 0.3) is 0 Å². The maximum absolute atomic E-state index is 11.2. The van der Waals surface area contributed by atoms with Gasteiger partial charge < -0.3 is 9.84 Å². The van der Waals surface area contributed by atoms with Gasteiger partial charge in [0.1, 0.15) is 24.3 Å². The average Bonchev–Trinajstić information content (AvgIpc) is 3.17. The number of aromatic nitrogens is 3. The molecular weight excluding hydrogens is 394 g/mol. The second-order valence-electron chi connectivity index (χ2n) is 8.12. The van der Waals surface area contributed by atoms with Crippen LogP contribution in [-0.2, 0) is 26.1 Å². The molecule has 3 aromatic rings. The fourth-order valence-corrected chi connectivity index (χ4v) is 4.00. The van der Waals surface area contributed by atoms with Crippen LogP contribution >= 0.6 is 0 Å². The van der Waals surface area contributed by atoms with Crippen molar-refractivity contribution in [1.29, 1.82) is 0 Å². The molecule has 0 aliphatic carbocycles. The summed E-state index contributed by atoms with van der Waals surface area (Å²) in [5, 5.41) is 16.9. The Hall–Kier alpha value is -2.94. The summed E-state index contributed by atoms with van der Waals surface area (Å²) in [6.45, 7) is 3.78. The highest BCUT2D eigenvalue weighted by molar-refractivity contribution is 5.33. The summed E-state index contributed by atoms with van der Waals surface area (Å²) < 4.78 is 5.98. The van der Waals surface area contributed by atoms with Crippen LogP contribution in [0, 0.1) is 0 Å². The van der Waals surface area contributed by atoms with Crippen molar-refractivity contribution in [2.24, 2.45) is 0 Å². The number of aliphatic hydroxyl groups is 1. The molecule has 0 bridgehead atoms. The van der Waals surface area contributed by atoms with Crippen molar-refractivity contribution in [3.8, 4) is 5.75 Å². The maximum Gasteiger partial charge on any atom is 0.340 e. The zero-order valence-electron chi connectivity index (χ0n) is 17.8. The second-order valence-corrected chi connectivity index (χ2v) is 8.12. The van der Waals surface area contributed by atoms with Crippen LogP contribution in [0.2, 0.25) is 0 Å². The molecule has 2 aromatic carbocycles. The Morgan fingerprint density at radius 2 is 1.94 bits per heavy atom. The van der Waals surface area contributed by atoms with Crippen molar-refractivity contribution >= 4 is 0 Å². The Kier molecular flexibility index (Phi) is 6.81. The molecule has 0 radical (unpaired) electrons. The zero-order valence-corrected chi connectivity index (χ0v) is 17.8. The zero-order chi connectivity index (χ0) is 21.6. The molecule has 8 heteroatoms. The monoisotopic (exact) mass is 423 g/mol. The van der Waals surface area contributed by atoms with Crippen molar-refractivity contribution < 1.29 is 9.84 Å². The Morgan fingerprint density at radius 1 is 1.16 bits per heavy atom. The normalized spacial score (nSPS) is 15.1. The number of H-pyrrole nitrogens is 2. The summed E-state index contributed by atoms with van der Waals surface area (Å²) in [5.74, 6) is 1.34. The van der Waals surface area contributed by atoms with Gasteiger partial charge in [-0.15, -0.1) is 0 Å². The predicted molar refractivity (Wildman–Crippen MR) is 118 cm³/mol. The number of ether oxygens (including phenoxy) is 1. The number of benzene rings is 2. The number of aromatic amines is 2. The molecule has 1 aromatic heterocycles. The molecule has 2 heterocycles. The topological polar surface area (TPSA) is 97.5 Å². The van der Waals surface area contributed by atoms with Crippen molar-refractivity contribution in [3.63, 3.8) is 0 Å². The summed E-state index contributed by atoms with van der Waals surface area (Å²) in [4.78, 5) is 18.2. The first-order valence-electron chi connectivity index (χ1n) is 10.6. The molecule has 1 atom stereocenters. The van der Waals surface area contributed by atoms with Gasteiger partial charge in [-0.05, 0) is 30.7 Å². The Balaban J connectivity index is 1.29.